The Hall–Kier alpha value is -3.65. The number of aryl methyl sites for hydroxylation is 1. The topological polar surface area (TPSA) is 94.2 Å². The Morgan fingerprint density at radius 1 is 1.00 bits per heavy atom. The fraction of sp³-hybridized carbons (Fsp3) is 0.0909. The first-order chi connectivity index (χ1) is 14.3. The van der Waals surface area contributed by atoms with Gasteiger partial charge in [0.05, 0.1) is 16.1 Å². The van der Waals surface area contributed by atoms with Gasteiger partial charge in [-0.25, -0.2) is 13.1 Å². The summed E-state index contributed by atoms with van der Waals surface area (Å²) in [6, 6.07) is 19.0. The number of nitrogens with zero attached hydrogens (tertiary/aromatic N) is 2. The number of amides is 1. The maximum atomic E-state index is 13.0. The normalized spacial score (nSPS) is 11.4. The van der Waals surface area contributed by atoms with Crippen molar-refractivity contribution in [3.8, 4) is 17.1 Å². The van der Waals surface area contributed by atoms with Crippen molar-refractivity contribution in [1.29, 1.82) is 0 Å². The van der Waals surface area contributed by atoms with Crippen molar-refractivity contribution in [2.75, 3.05) is 11.6 Å². The number of hydrogen-bond acceptors (Lipinski definition) is 5. The highest BCUT2D eigenvalue weighted by atomic mass is 32.2. The number of para-hydroxylation sites is 1. The van der Waals surface area contributed by atoms with Crippen LogP contribution in [0.3, 0.4) is 0 Å². The van der Waals surface area contributed by atoms with Gasteiger partial charge in [0.1, 0.15) is 11.5 Å². The number of aromatic nitrogens is 2. The van der Waals surface area contributed by atoms with E-state index >= 15 is 0 Å². The third-order valence-corrected chi connectivity index (χ3v) is 5.62. The molecule has 0 saturated heterocycles. The third kappa shape index (κ3) is 4.04. The molecule has 0 atom stereocenters. The van der Waals surface area contributed by atoms with Crippen LogP contribution < -0.4 is 5.32 Å². The minimum absolute atomic E-state index is 0.184. The molecule has 0 spiro atoms. The van der Waals surface area contributed by atoms with Crippen molar-refractivity contribution in [3.05, 3.63) is 84.3 Å². The molecule has 1 amide bonds. The van der Waals surface area contributed by atoms with Crippen LogP contribution in [0, 0.1) is 6.92 Å². The van der Waals surface area contributed by atoms with Gasteiger partial charge in [-0.15, -0.1) is 0 Å². The lowest BCUT2D eigenvalue weighted by atomic mass is 10.2. The number of furan rings is 1. The maximum Gasteiger partial charge on any atom is 0.259 e. The second-order valence-corrected chi connectivity index (χ2v) is 8.85. The lowest BCUT2D eigenvalue weighted by molar-refractivity contribution is 0.102. The first-order valence-electron chi connectivity index (χ1n) is 9.14. The lowest BCUT2D eigenvalue weighted by Crippen LogP contribution is -2.12. The molecule has 152 valence electrons. The highest BCUT2D eigenvalue weighted by molar-refractivity contribution is 7.90. The van der Waals surface area contributed by atoms with Gasteiger partial charge in [-0.3, -0.25) is 4.79 Å². The van der Waals surface area contributed by atoms with Crippen LogP contribution in [-0.2, 0) is 9.84 Å². The Bertz CT molecular complexity index is 1300. The second-order valence-electron chi connectivity index (χ2n) is 6.83. The third-order valence-electron chi connectivity index (χ3n) is 4.49. The van der Waals surface area contributed by atoms with E-state index in [-0.39, 0.29) is 10.8 Å². The molecular weight excluding hydrogens is 402 g/mol. The molecule has 2 heterocycles. The number of nitrogens with one attached hydrogen (secondary N) is 1. The zero-order valence-electron chi connectivity index (χ0n) is 16.4. The summed E-state index contributed by atoms with van der Waals surface area (Å²) in [7, 11) is -3.31. The quantitative estimate of drug-likeness (QED) is 0.524. The summed E-state index contributed by atoms with van der Waals surface area (Å²) in [5.41, 5.74) is 2.03. The largest absolute Gasteiger partial charge is 0.460 e. The molecule has 30 heavy (non-hydrogen) atoms. The molecule has 4 rings (SSSR count). The average molecular weight is 421 g/mol. The summed E-state index contributed by atoms with van der Waals surface area (Å²) < 4.78 is 30.6. The molecule has 0 fully saturated rings. The van der Waals surface area contributed by atoms with Crippen molar-refractivity contribution in [3.63, 3.8) is 0 Å². The van der Waals surface area contributed by atoms with E-state index in [9.17, 15) is 13.2 Å². The maximum absolute atomic E-state index is 13.0. The number of carbonyl (C=O) groups is 1. The van der Waals surface area contributed by atoms with E-state index in [4.69, 9.17) is 4.42 Å². The summed E-state index contributed by atoms with van der Waals surface area (Å²) in [6.07, 6.45) is 2.78. The van der Waals surface area contributed by atoms with Crippen LogP contribution in [0.5, 0.6) is 0 Å². The number of carbonyl (C=O) groups excluding carboxylic acids is 1. The van der Waals surface area contributed by atoms with Crippen LogP contribution in [0.4, 0.5) is 5.69 Å². The van der Waals surface area contributed by atoms with E-state index in [1.165, 1.54) is 12.1 Å². The van der Waals surface area contributed by atoms with Crippen molar-refractivity contribution in [2.24, 2.45) is 0 Å². The van der Waals surface area contributed by atoms with Crippen molar-refractivity contribution >= 4 is 21.4 Å². The predicted molar refractivity (Wildman–Crippen MR) is 114 cm³/mol. The smallest absolute Gasteiger partial charge is 0.259 e. The van der Waals surface area contributed by atoms with Gasteiger partial charge in [-0.05, 0) is 55.5 Å². The second kappa shape index (κ2) is 7.64. The summed E-state index contributed by atoms with van der Waals surface area (Å²) in [5, 5.41) is 7.35. The molecule has 0 aliphatic rings. The Labute approximate surface area is 173 Å². The van der Waals surface area contributed by atoms with Crippen LogP contribution in [0.15, 0.2) is 82.2 Å². The first kappa shape index (κ1) is 19.7. The van der Waals surface area contributed by atoms with Gasteiger partial charge in [0, 0.05) is 18.1 Å². The minimum atomic E-state index is -3.31. The van der Waals surface area contributed by atoms with E-state index in [0.717, 1.165) is 11.9 Å². The molecule has 0 radical (unpaired) electrons. The van der Waals surface area contributed by atoms with Crippen LogP contribution in [0.1, 0.15) is 16.1 Å². The molecule has 0 aliphatic carbocycles. The zero-order valence-corrected chi connectivity index (χ0v) is 17.2. The van der Waals surface area contributed by atoms with Gasteiger partial charge in [-0.2, -0.15) is 5.10 Å². The van der Waals surface area contributed by atoms with Crippen molar-refractivity contribution < 1.29 is 17.6 Å². The Morgan fingerprint density at radius 3 is 2.30 bits per heavy atom. The Kier molecular flexibility index (Phi) is 5.01. The van der Waals surface area contributed by atoms with Crippen molar-refractivity contribution in [2.45, 2.75) is 11.8 Å². The van der Waals surface area contributed by atoms with E-state index in [2.05, 4.69) is 10.4 Å². The van der Waals surface area contributed by atoms with E-state index in [0.29, 0.717) is 28.5 Å². The summed E-state index contributed by atoms with van der Waals surface area (Å²) in [5.74, 6) is 0.815. The van der Waals surface area contributed by atoms with Crippen LogP contribution in [0.2, 0.25) is 0 Å². The van der Waals surface area contributed by atoms with Crippen molar-refractivity contribution in [1.82, 2.24) is 9.78 Å². The van der Waals surface area contributed by atoms with Crippen LogP contribution in [-0.4, -0.2) is 30.4 Å². The molecule has 2 aromatic heterocycles. The standard InChI is InChI=1S/C22H19N3O4S/c1-15-8-13-20(29-15)21-19(14-25(24-21)17-6-4-3-5-7-17)22(26)23-16-9-11-18(12-10-16)30(2,27)28/h3-14H,1-2H3,(H,23,26). The fourth-order valence-electron chi connectivity index (χ4n) is 2.98. The number of benzene rings is 2. The molecule has 4 aromatic rings. The van der Waals surface area contributed by atoms with E-state index < -0.39 is 9.84 Å². The molecule has 8 heteroatoms. The predicted octanol–water partition coefficient (Wildman–Crippen LogP) is 4.10. The number of hydrogen-bond donors (Lipinski definition) is 1. The summed E-state index contributed by atoms with van der Waals surface area (Å²) in [4.78, 5) is 13.2. The summed E-state index contributed by atoms with van der Waals surface area (Å²) >= 11 is 0. The fourth-order valence-corrected chi connectivity index (χ4v) is 3.61. The SMILES string of the molecule is Cc1ccc(-c2nn(-c3ccccc3)cc2C(=O)Nc2ccc(S(C)(=O)=O)cc2)o1. The van der Waals surface area contributed by atoms with Crippen LogP contribution >= 0.6 is 0 Å². The number of sulfone groups is 1. The highest BCUT2D eigenvalue weighted by Crippen LogP contribution is 2.26. The molecular formula is C22H19N3O4S. The Morgan fingerprint density at radius 2 is 1.70 bits per heavy atom. The molecule has 0 aliphatic heterocycles. The lowest BCUT2D eigenvalue weighted by Gasteiger charge is -2.06. The molecule has 2 aromatic carbocycles. The van der Waals surface area contributed by atoms with Gasteiger partial charge in [0.2, 0.25) is 0 Å². The highest BCUT2D eigenvalue weighted by Gasteiger charge is 2.21. The van der Waals surface area contributed by atoms with Gasteiger partial charge in [-0.1, -0.05) is 18.2 Å². The monoisotopic (exact) mass is 421 g/mol. The minimum Gasteiger partial charge on any atom is -0.460 e. The molecule has 1 N–H and O–H groups in total. The zero-order chi connectivity index (χ0) is 21.3. The van der Waals surface area contributed by atoms with Gasteiger partial charge in [0.15, 0.2) is 15.6 Å². The Balaban J connectivity index is 1.70. The summed E-state index contributed by atoms with van der Waals surface area (Å²) in [6.45, 7) is 1.82. The van der Waals surface area contributed by atoms with Crippen LogP contribution in [0.25, 0.3) is 17.1 Å². The molecule has 0 unspecified atom stereocenters. The van der Waals surface area contributed by atoms with Gasteiger partial charge < -0.3 is 9.73 Å². The van der Waals surface area contributed by atoms with E-state index in [1.54, 1.807) is 29.1 Å². The van der Waals surface area contributed by atoms with E-state index in [1.807, 2.05) is 43.3 Å². The first-order valence-corrected chi connectivity index (χ1v) is 11.0. The van der Waals surface area contributed by atoms with Gasteiger partial charge >= 0.3 is 0 Å². The number of anilines is 1. The number of rotatable bonds is 5. The molecule has 0 bridgehead atoms. The average Bonchev–Trinajstić information content (AvgIpc) is 3.35. The molecule has 0 saturated carbocycles. The van der Waals surface area contributed by atoms with Gasteiger partial charge in [0.25, 0.3) is 5.91 Å². The molecule has 7 nitrogen and oxygen atoms in total.